The van der Waals surface area contributed by atoms with E-state index in [-0.39, 0.29) is 43.3 Å². The molecule has 0 radical (unpaired) electrons. The molecule has 0 aromatic heterocycles. The number of nitrogens with one attached hydrogen (secondary N) is 2. The minimum absolute atomic E-state index is 0.00293. The van der Waals surface area contributed by atoms with Crippen molar-refractivity contribution < 1.29 is 23.5 Å². The van der Waals surface area contributed by atoms with E-state index in [4.69, 9.17) is 9.47 Å². The second-order valence-corrected chi connectivity index (χ2v) is 6.75. The summed E-state index contributed by atoms with van der Waals surface area (Å²) in [6.45, 7) is 0.740. The fourth-order valence-corrected chi connectivity index (χ4v) is 3.44. The summed E-state index contributed by atoms with van der Waals surface area (Å²) in [6.07, 6.45) is 0.248. The molecule has 2 aliphatic heterocycles. The summed E-state index contributed by atoms with van der Waals surface area (Å²) in [5.41, 5.74) is 2.26. The van der Waals surface area contributed by atoms with E-state index < -0.39 is 0 Å². The van der Waals surface area contributed by atoms with Gasteiger partial charge in [-0.15, -0.1) is 0 Å². The lowest BCUT2D eigenvalue weighted by Crippen LogP contribution is -2.45. The molecule has 2 N–H and O–H groups in total. The third kappa shape index (κ3) is 3.58. The Kier molecular flexibility index (Phi) is 4.77. The van der Waals surface area contributed by atoms with Gasteiger partial charge in [0.1, 0.15) is 23.9 Å². The van der Waals surface area contributed by atoms with Gasteiger partial charge in [-0.1, -0.05) is 6.07 Å². The number of carbonyl (C=O) groups is 2. The Morgan fingerprint density at radius 2 is 2.11 bits per heavy atom. The van der Waals surface area contributed by atoms with Crippen molar-refractivity contribution >= 4 is 23.2 Å². The molecule has 1 atom stereocenters. The summed E-state index contributed by atoms with van der Waals surface area (Å²) in [6, 6.07) is 9.74. The standard InChI is InChI=1S/C20H20FN3O4/c1-22-19(25)8-14-10-27-18-7-13(21)3-4-16(18)24(14)9-12-2-5-17-15(6-12)23-20(26)11-28-17/h2-7,14H,8-11H2,1H3,(H,22,25)(H,23,26)/t14-/m1/s1. The SMILES string of the molecule is CNC(=O)C[C@@H]1COc2cc(F)ccc2N1Cc1ccc2c(c1)NC(=O)CO2. The van der Waals surface area contributed by atoms with Crippen molar-refractivity contribution in [2.24, 2.45) is 0 Å². The van der Waals surface area contributed by atoms with Crippen LogP contribution in [-0.2, 0) is 16.1 Å². The average molecular weight is 385 g/mol. The molecule has 8 heteroatoms. The Labute approximate surface area is 161 Å². The van der Waals surface area contributed by atoms with Gasteiger partial charge in [0.05, 0.1) is 23.8 Å². The first kappa shape index (κ1) is 18.1. The first-order valence-electron chi connectivity index (χ1n) is 8.98. The Morgan fingerprint density at radius 3 is 2.93 bits per heavy atom. The smallest absolute Gasteiger partial charge is 0.262 e. The van der Waals surface area contributed by atoms with Crippen LogP contribution in [-0.4, -0.2) is 38.1 Å². The molecule has 28 heavy (non-hydrogen) atoms. The van der Waals surface area contributed by atoms with Gasteiger partial charge in [-0.3, -0.25) is 9.59 Å². The molecule has 146 valence electrons. The van der Waals surface area contributed by atoms with E-state index in [9.17, 15) is 14.0 Å². The quantitative estimate of drug-likeness (QED) is 0.842. The Bertz CT molecular complexity index is 934. The predicted octanol–water partition coefficient (Wildman–Crippen LogP) is 2.06. The maximum Gasteiger partial charge on any atom is 0.262 e. The highest BCUT2D eigenvalue weighted by Gasteiger charge is 2.30. The highest BCUT2D eigenvalue weighted by Crippen LogP contribution is 2.37. The van der Waals surface area contributed by atoms with E-state index >= 15 is 0 Å². The molecule has 7 nitrogen and oxygen atoms in total. The molecule has 0 spiro atoms. The summed E-state index contributed by atoms with van der Waals surface area (Å²) in [5, 5.41) is 5.43. The Balaban J connectivity index is 1.65. The van der Waals surface area contributed by atoms with Crippen LogP contribution in [0.1, 0.15) is 12.0 Å². The van der Waals surface area contributed by atoms with Crippen LogP contribution in [0.4, 0.5) is 15.8 Å². The number of halogens is 1. The van der Waals surface area contributed by atoms with Crippen LogP contribution < -0.4 is 25.0 Å². The van der Waals surface area contributed by atoms with Gasteiger partial charge in [0.2, 0.25) is 5.91 Å². The van der Waals surface area contributed by atoms with Crippen molar-refractivity contribution in [3.8, 4) is 11.5 Å². The number of rotatable bonds is 4. The summed E-state index contributed by atoms with van der Waals surface area (Å²) in [7, 11) is 1.59. The lowest BCUT2D eigenvalue weighted by Gasteiger charge is -2.38. The van der Waals surface area contributed by atoms with Crippen molar-refractivity contribution in [2.75, 3.05) is 30.5 Å². The monoisotopic (exact) mass is 385 g/mol. The third-order valence-corrected chi connectivity index (χ3v) is 4.83. The van der Waals surface area contributed by atoms with Crippen LogP contribution in [0.3, 0.4) is 0 Å². The van der Waals surface area contributed by atoms with Crippen LogP contribution in [0, 0.1) is 5.82 Å². The van der Waals surface area contributed by atoms with Gasteiger partial charge < -0.3 is 25.0 Å². The van der Waals surface area contributed by atoms with Crippen molar-refractivity contribution in [1.29, 1.82) is 0 Å². The number of anilines is 2. The lowest BCUT2D eigenvalue weighted by atomic mass is 10.1. The van der Waals surface area contributed by atoms with Crippen molar-refractivity contribution in [1.82, 2.24) is 5.32 Å². The minimum atomic E-state index is -0.378. The van der Waals surface area contributed by atoms with Crippen molar-refractivity contribution in [2.45, 2.75) is 19.0 Å². The van der Waals surface area contributed by atoms with Crippen LogP contribution in [0.15, 0.2) is 36.4 Å². The molecule has 4 rings (SSSR count). The first-order chi connectivity index (χ1) is 13.5. The number of hydrogen-bond acceptors (Lipinski definition) is 5. The molecule has 2 aliphatic rings. The largest absolute Gasteiger partial charge is 0.489 e. The molecule has 0 saturated heterocycles. The fourth-order valence-electron chi connectivity index (χ4n) is 3.44. The second kappa shape index (κ2) is 7.38. The molecule has 0 fully saturated rings. The minimum Gasteiger partial charge on any atom is -0.489 e. The predicted molar refractivity (Wildman–Crippen MR) is 101 cm³/mol. The summed E-state index contributed by atoms with van der Waals surface area (Å²) in [4.78, 5) is 25.6. The molecule has 0 aliphatic carbocycles. The van der Waals surface area contributed by atoms with E-state index in [0.29, 0.717) is 23.7 Å². The van der Waals surface area contributed by atoms with E-state index in [0.717, 1.165) is 11.3 Å². The van der Waals surface area contributed by atoms with E-state index in [1.54, 1.807) is 13.1 Å². The number of amides is 2. The maximum atomic E-state index is 13.6. The average Bonchev–Trinajstić information content (AvgIpc) is 2.69. The first-order valence-corrected chi connectivity index (χ1v) is 8.98. The fraction of sp³-hybridized carbons (Fsp3) is 0.300. The van der Waals surface area contributed by atoms with Gasteiger partial charge >= 0.3 is 0 Å². The van der Waals surface area contributed by atoms with Crippen molar-refractivity contribution in [3.63, 3.8) is 0 Å². The summed E-state index contributed by atoms with van der Waals surface area (Å²) in [5.74, 6) is 0.388. The summed E-state index contributed by atoms with van der Waals surface area (Å²) < 4.78 is 24.7. The molecule has 0 saturated carbocycles. The van der Waals surface area contributed by atoms with Gasteiger partial charge in [-0.2, -0.15) is 0 Å². The number of benzene rings is 2. The van der Waals surface area contributed by atoms with Crippen molar-refractivity contribution in [3.05, 3.63) is 47.8 Å². The molecule has 2 amide bonds. The second-order valence-electron chi connectivity index (χ2n) is 6.75. The third-order valence-electron chi connectivity index (χ3n) is 4.83. The molecule has 0 unspecified atom stereocenters. The number of fused-ring (bicyclic) bond motifs is 2. The highest BCUT2D eigenvalue weighted by atomic mass is 19.1. The zero-order valence-corrected chi connectivity index (χ0v) is 15.3. The molecule has 2 aromatic rings. The molecular formula is C20H20FN3O4. The van der Waals surface area contributed by atoms with E-state index in [1.807, 2.05) is 23.1 Å². The highest BCUT2D eigenvalue weighted by molar-refractivity contribution is 5.95. The van der Waals surface area contributed by atoms with Gasteiger partial charge in [0.25, 0.3) is 5.91 Å². The zero-order valence-electron chi connectivity index (χ0n) is 15.3. The Morgan fingerprint density at radius 1 is 1.25 bits per heavy atom. The van der Waals surface area contributed by atoms with E-state index in [1.165, 1.54) is 12.1 Å². The topological polar surface area (TPSA) is 79.9 Å². The van der Waals surface area contributed by atoms with E-state index in [2.05, 4.69) is 10.6 Å². The molecular weight excluding hydrogens is 365 g/mol. The van der Waals surface area contributed by atoms with Crippen LogP contribution in [0.25, 0.3) is 0 Å². The van der Waals surface area contributed by atoms with Crippen LogP contribution in [0.2, 0.25) is 0 Å². The number of carbonyl (C=O) groups excluding carboxylic acids is 2. The lowest BCUT2D eigenvalue weighted by molar-refractivity contribution is -0.121. The Hall–Kier alpha value is -3.29. The van der Waals surface area contributed by atoms with Gasteiger partial charge in [-0.25, -0.2) is 4.39 Å². The van der Waals surface area contributed by atoms with Crippen LogP contribution in [0.5, 0.6) is 11.5 Å². The van der Waals surface area contributed by atoms with Crippen LogP contribution >= 0.6 is 0 Å². The molecule has 0 bridgehead atoms. The maximum absolute atomic E-state index is 13.6. The molecule has 2 heterocycles. The summed E-state index contributed by atoms with van der Waals surface area (Å²) >= 11 is 0. The molecule has 2 aromatic carbocycles. The van der Waals surface area contributed by atoms with Gasteiger partial charge in [-0.05, 0) is 29.8 Å². The van der Waals surface area contributed by atoms with Gasteiger partial charge in [0.15, 0.2) is 6.61 Å². The number of nitrogens with zero attached hydrogens (tertiary/aromatic N) is 1. The normalized spacial score (nSPS) is 17.6. The van der Waals surface area contributed by atoms with Gasteiger partial charge in [0, 0.05) is 19.7 Å². The number of ether oxygens (including phenoxy) is 2. The zero-order chi connectivity index (χ0) is 19.7. The number of hydrogen-bond donors (Lipinski definition) is 2.